The largest absolute Gasteiger partial charge is 0.478 e. The van der Waals surface area contributed by atoms with Gasteiger partial charge >= 0.3 is 5.97 Å². The third kappa shape index (κ3) is 5.68. The summed E-state index contributed by atoms with van der Waals surface area (Å²) in [4.78, 5) is 11.2. The van der Waals surface area contributed by atoms with Crippen molar-refractivity contribution in [3.05, 3.63) is 107 Å². The zero-order chi connectivity index (χ0) is 25.0. The number of nitrogens with zero attached hydrogens (tertiary/aromatic N) is 1. The Balaban J connectivity index is 1.56. The van der Waals surface area contributed by atoms with Crippen LogP contribution < -0.4 is 4.31 Å². The van der Waals surface area contributed by atoms with E-state index in [0.29, 0.717) is 23.5 Å². The lowest BCUT2D eigenvalue weighted by Gasteiger charge is -2.18. The molecule has 1 atom stereocenters. The standard InChI is InChI=1S/C25H21NO6S3/c27-25(28)20-13-11-18(12-14-20)9-10-19-5-4-6-21(15-19)26(34(29)30)24-16-23(17-33-24)35(31,32)22-7-2-1-3-8-22/h1-8,11-17H,9-10H2,(H,27,28)(H,29,30). The molecule has 0 amide bonds. The second-order valence-corrected chi connectivity index (χ2v) is 11.3. The average molecular weight is 528 g/mol. The van der Waals surface area contributed by atoms with E-state index >= 15 is 0 Å². The number of hydrogen-bond donors (Lipinski definition) is 2. The number of hydrogen-bond acceptors (Lipinski definition) is 5. The number of benzene rings is 3. The lowest BCUT2D eigenvalue weighted by molar-refractivity contribution is 0.0697. The van der Waals surface area contributed by atoms with E-state index in [9.17, 15) is 22.0 Å². The summed E-state index contributed by atoms with van der Waals surface area (Å²) in [5.41, 5.74) is 2.56. The van der Waals surface area contributed by atoms with Gasteiger partial charge in [-0.15, -0.1) is 11.3 Å². The summed E-state index contributed by atoms with van der Waals surface area (Å²) < 4.78 is 49.3. The number of carbonyl (C=O) groups is 1. The van der Waals surface area contributed by atoms with Gasteiger partial charge in [0.05, 0.1) is 21.0 Å². The van der Waals surface area contributed by atoms with Crippen molar-refractivity contribution in [2.75, 3.05) is 4.31 Å². The Morgan fingerprint density at radius 2 is 1.54 bits per heavy atom. The summed E-state index contributed by atoms with van der Waals surface area (Å²) >= 11 is -1.36. The monoisotopic (exact) mass is 527 g/mol. The molecule has 4 aromatic rings. The molecule has 0 aliphatic heterocycles. The van der Waals surface area contributed by atoms with E-state index in [-0.39, 0.29) is 15.4 Å². The van der Waals surface area contributed by atoms with Crippen LogP contribution >= 0.6 is 11.3 Å². The number of aromatic carboxylic acids is 1. The number of carboxylic acid groups (broad SMARTS) is 1. The highest BCUT2D eigenvalue weighted by atomic mass is 32.2. The molecule has 0 saturated heterocycles. The number of carboxylic acids is 1. The number of anilines is 2. The van der Waals surface area contributed by atoms with Gasteiger partial charge < -0.3 is 5.11 Å². The second kappa shape index (κ2) is 10.5. The van der Waals surface area contributed by atoms with Crippen molar-refractivity contribution < 1.29 is 27.1 Å². The van der Waals surface area contributed by atoms with Crippen LogP contribution in [-0.2, 0) is 33.9 Å². The van der Waals surface area contributed by atoms with Gasteiger partial charge in [0.15, 0.2) is 0 Å². The van der Waals surface area contributed by atoms with Crippen LogP contribution in [0.5, 0.6) is 0 Å². The second-order valence-electron chi connectivity index (χ2n) is 7.63. The number of aryl methyl sites for hydroxylation is 2. The van der Waals surface area contributed by atoms with Crippen LogP contribution in [0.1, 0.15) is 21.5 Å². The molecule has 1 unspecified atom stereocenters. The number of thiophene rings is 1. The van der Waals surface area contributed by atoms with Gasteiger partial charge in [-0.2, -0.15) is 0 Å². The van der Waals surface area contributed by atoms with Crippen molar-refractivity contribution >= 4 is 49.1 Å². The summed E-state index contributed by atoms with van der Waals surface area (Å²) in [6, 6.07) is 23.2. The van der Waals surface area contributed by atoms with E-state index in [0.717, 1.165) is 22.5 Å². The fraction of sp³-hybridized carbons (Fsp3) is 0.0800. The maximum Gasteiger partial charge on any atom is 0.335 e. The lowest BCUT2D eigenvalue weighted by Crippen LogP contribution is -2.18. The van der Waals surface area contributed by atoms with Crippen LogP contribution in [0.2, 0.25) is 0 Å². The summed E-state index contributed by atoms with van der Waals surface area (Å²) in [5.74, 6) is -0.977. The molecule has 2 N–H and O–H groups in total. The first kappa shape index (κ1) is 24.8. The van der Waals surface area contributed by atoms with E-state index in [1.165, 1.54) is 27.9 Å². The molecule has 180 valence electrons. The minimum Gasteiger partial charge on any atom is -0.478 e. The van der Waals surface area contributed by atoms with E-state index in [2.05, 4.69) is 0 Å². The molecule has 0 spiro atoms. The molecule has 0 aliphatic carbocycles. The van der Waals surface area contributed by atoms with Gasteiger partial charge in [0.25, 0.3) is 11.3 Å². The number of sulfone groups is 1. The van der Waals surface area contributed by atoms with Crippen molar-refractivity contribution in [1.82, 2.24) is 0 Å². The normalized spacial score (nSPS) is 12.3. The molecule has 1 heterocycles. The predicted molar refractivity (Wildman–Crippen MR) is 136 cm³/mol. The number of rotatable bonds is 9. The van der Waals surface area contributed by atoms with E-state index in [1.54, 1.807) is 60.7 Å². The van der Waals surface area contributed by atoms with Gasteiger partial charge in [0.2, 0.25) is 9.84 Å². The fourth-order valence-corrected chi connectivity index (χ4v) is 6.83. The van der Waals surface area contributed by atoms with Crippen LogP contribution in [0.25, 0.3) is 0 Å². The smallest absolute Gasteiger partial charge is 0.335 e. The SMILES string of the molecule is O=C(O)c1ccc(CCc2cccc(N(c3cc(S(=O)(=O)c4ccccc4)cs3)S(=O)O)c2)cc1. The third-order valence-corrected chi connectivity index (χ3v) is 8.98. The van der Waals surface area contributed by atoms with Crippen molar-refractivity contribution in [3.8, 4) is 0 Å². The van der Waals surface area contributed by atoms with Crippen LogP contribution in [-0.4, -0.2) is 28.3 Å². The van der Waals surface area contributed by atoms with Crippen LogP contribution in [0.3, 0.4) is 0 Å². The van der Waals surface area contributed by atoms with Gasteiger partial charge in [-0.25, -0.2) is 21.7 Å². The first-order valence-electron chi connectivity index (χ1n) is 10.5. The van der Waals surface area contributed by atoms with E-state index in [4.69, 9.17) is 5.11 Å². The van der Waals surface area contributed by atoms with Gasteiger partial charge in [-0.05, 0) is 66.4 Å². The Labute approximate surface area is 209 Å². The van der Waals surface area contributed by atoms with Crippen LogP contribution in [0.4, 0.5) is 10.7 Å². The average Bonchev–Trinajstić information content (AvgIpc) is 3.34. The minimum atomic E-state index is -3.75. The fourth-order valence-electron chi connectivity index (χ4n) is 3.53. The van der Waals surface area contributed by atoms with E-state index in [1.807, 2.05) is 6.07 Å². The molecule has 0 saturated carbocycles. The van der Waals surface area contributed by atoms with Crippen molar-refractivity contribution in [3.63, 3.8) is 0 Å². The van der Waals surface area contributed by atoms with Gasteiger partial charge in [0.1, 0.15) is 5.00 Å². The van der Waals surface area contributed by atoms with Gasteiger partial charge in [-0.1, -0.05) is 42.5 Å². The Hall–Kier alpha value is -3.31. The minimum absolute atomic E-state index is 0.0557. The Bertz CT molecular complexity index is 1460. The molecule has 10 heteroatoms. The summed E-state index contributed by atoms with van der Waals surface area (Å²) in [7, 11) is -3.75. The molecule has 0 bridgehead atoms. The molecule has 0 aliphatic rings. The Kier molecular flexibility index (Phi) is 7.46. The molecule has 35 heavy (non-hydrogen) atoms. The van der Waals surface area contributed by atoms with Crippen molar-refractivity contribution in [2.45, 2.75) is 22.6 Å². The first-order valence-corrected chi connectivity index (χ1v) is 13.9. The van der Waals surface area contributed by atoms with Crippen LogP contribution in [0.15, 0.2) is 100 Å². The molecule has 7 nitrogen and oxygen atoms in total. The molecule has 0 fully saturated rings. The maximum absolute atomic E-state index is 12.9. The molecular formula is C25H21NO6S3. The summed E-state index contributed by atoms with van der Waals surface area (Å²) in [6.07, 6.45) is 1.29. The first-order chi connectivity index (χ1) is 16.8. The zero-order valence-electron chi connectivity index (χ0n) is 18.3. The topological polar surface area (TPSA) is 112 Å². The maximum atomic E-state index is 12.9. The molecular weight excluding hydrogens is 506 g/mol. The highest BCUT2D eigenvalue weighted by molar-refractivity contribution is 7.91. The Morgan fingerprint density at radius 1 is 0.857 bits per heavy atom. The van der Waals surface area contributed by atoms with Gasteiger partial charge in [-0.3, -0.25) is 4.55 Å². The lowest BCUT2D eigenvalue weighted by atomic mass is 10.0. The summed E-state index contributed by atoms with van der Waals surface area (Å²) in [6.45, 7) is 0. The Morgan fingerprint density at radius 3 is 2.20 bits per heavy atom. The predicted octanol–water partition coefficient (Wildman–Crippen LogP) is 5.34. The highest BCUT2D eigenvalue weighted by Crippen LogP contribution is 2.36. The molecule has 3 aromatic carbocycles. The third-order valence-electron chi connectivity index (χ3n) is 5.33. The quantitative estimate of drug-likeness (QED) is 0.284. The van der Waals surface area contributed by atoms with Crippen molar-refractivity contribution in [2.24, 2.45) is 0 Å². The highest BCUT2D eigenvalue weighted by Gasteiger charge is 2.23. The summed E-state index contributed by atoms with van der Waals surface area (Å²) in [5, 5.41) is 10.8. The molecule has 1 aromatic heterocycles. The molecule has 0 radical (unpaired) electrons. The zero-order valence-corrected chi connectivity index (χ0v) is 20.7. The van der Waals surface area contributed by atoms with Gasteiger partial charge in [0, 0.05) is 5.38 Å². The van der Waals surface area contributed by atoms with Crippen molar-refractivity contribution in [1.29, 1.82) is 0 Å². The molecule has 4 rings (SSSR count). The van der Waals surface area contributed by atoms with Crippen LogP contribution in [0, 0.1) is 0 Å². The van der Waals surface area contributed by atoms with E-state index < -0.39 is 27.1 Å².